The van der Waals surface area contributed by atoms with E-state index in [0.717, 1.165) is 5.56 Å². The second-order valence-electron chi connectivity index (χ2n) is 7.49. The molecule has 3 aromatic rings. The third-order valence-electron chi connectivity index (χ3n) is 4.26. The van der Waals surface area contributed by atoms with Gasteiger partial charge in [0, 0.05) is 11.6 Å². The van der Waals surface area contributed by atoms with Gasteiger partial charge in [-0.1, -0.05) is 32.9 Å². The van der Waals surface area contributed by atoms with Crippen molar-refractivity contribution in [2.24, 2.45) is 5.10 Å². The minimum Gasteiger partial charge on any atom is -0.450 e. The van der Waals surface area contributed by atoms with Crippen molar-refractivity contribution in [1.29, 1.82) is 0 Å². The number of rotatable bonds is 5. The van der Waals surface area contributed by atoms with Crippen molar-refractivity contribution < 1.29 is 9.66 Å². The molecule has 0 saturated heterocycles. The van der Waals surface area contributed by atoms with Gasteiger partial charge < -0.3 is 4.74 Å². The molecule has 0 atom stereocenters. The largest absolute Gasteiger partial charge is 0.450 e. The van der Waals surface area contributed by atoms with E-state index in [-0.39, 0.29) is 16.9 Å². The minimum atomic E-state index is -0.481. The number of benzene rings is 2. The number of nitro groups is 1. The van der Waals surface area contributed by atoms with Gasteiger partial charge in [0.25, 0.3) is 0 Å². The number of nitro benzene ring substituents is 1. The molecule has 0 aliphatic heterocycles. The van der Waals surface area contributed by atoms with Gasteiger partial charge in [0.15, 0.2) is 0 Å². The predicted octanol–water partition coefficient (Wildman–Crippen LogP) is 5.13. The van der Waals surface area contributed by atoms with Crippen LogP contribution in [0.15, 0.2) is 47.6 Å². The Morgan fingerprint density at radius 3 is 2.48 bits per heavy atom. The number of hydrogen-bond donors (Lipinski definition) is 1. The Labute approximate surface area is 173 Å². The first-order chi connectivity index (χ1) is 13.6. The number of hydrogen-bond acceptors (Lipinski definition) is 6. The lowest BCUT2D eigenvalue weighted by Gasteiger charge is -2.19. The van der Waals surface area contributed by atoms with Crippen LogP contribution in [0.5, 0.6) is 11.5 Å². The van der Waals surface area contributed by atoms with Crippen molar-refractivity contribution in [1.82, 2.24) is 14.9 Å². The van der Waals surface area contributed by atoms with E-state index in [0.29, 0.717) is 21.9 Å². The number of H-pyrrole nitrogens is 1. The molecule has 29 heavy (non-hydrogen) atoms. The monoisotopic (exact) mass is 411 g/mol. The third kappa shape index (κ3) is 4.75. The fourth-order valence-corrected chi connectivity index (χ4v) is 2.85. The molecule has 0 aliphatic rings. The lowest BCUT2D eigenvalue weighted by atomic mass is 9.87. The lowest BCUT2D eigenvalue weighted by Crippen LogP contribution is -2.10. The molecule has 3 rings (SSSR count). The van der Waals surface area contributed by atoms with E-state index in [2.05, 4.69) is 36.1 Å². The van der Waals surface area contributed by atoms with Gasteiger partial charge in [-0.3, -0.25) is 15.2 Å². The maximum absolute atomic E-state index is 11.5. The third-order valence-corrected chi connectivity index (χ3v) is 4.53. The predicted molar refractivity (Wildman–Crippen MR) is 113 cm³/mol. The number of ether oxygens (including phenoxy) is 1. The molecule has 2 aromatic carbocycles. The van der Waals surface area contributed by atoms with Crippen LogP contribution in [0.1, 0.15) is 37.7 Å². The van der Waals surface area contributed by atoms with Crippen LogP contribution in [0.2, 0.25) is 0 Å². The molecule has 0 radical (unpaired) electrons. The molecule has 0 spiro atoms. The number of nitrogens with one attached hydrogen (secondary N) is 1. The molecule has 150 valence electrons. The fourth-order valence-electron chi connectivity index (χ4n) is 2.62. The van der Waals surface area contributed by atoms with Crippen LogP contribution in [0, 0.1) is 21.8 Å². The van der Waals surface area contributed by atoms with Crippen LogP contribution < -0.4 is 4.74 Å². The Bertz CT molecular complexity index is 1120. The summed E-state index contributed by atoms with van der Waals surface area (Å²) in [6.45, 7) is 8.10. The molecule has 0 aliphatic carbocycles. The Hall–Kier alpha value is -3.33. The first kappa shape index (κ1) is 20.4. The molecule has 0 amide bonds. The lowest BCUT2D eigenvalue weighted by molar-refractivity contribution is -0.385. The van der Waals surface area contributed by atoms with E-state index in [4.69, 9.17) is 17.0 Å². The highest BCUT2D eigenvalue weighted by molar-refractivity contribution is 7.71. The highest BCUT2D eigenvalue weighted by Crippen LogP contribution is 2.33. The summed E-state index contributed by atoms with van der Waals surface area (Å²) >= 11 is 5.08. The standard InChI is InChI=1S/C20H21N5O3S/c1-13-22-23-19(29)24(13)21-12-14-5-10-18(17(11-14)25(26)27)28-16-8-6-15(7-9-16)20(2,3)4/h5-12H,1-4H3,(H,23,29)/b21-12-. The van der Waals surface area contributed by atoms with E-state index in [1.807, 2.05) is 24.3 Å². The van der Waals surface area contributed by atoms with Gasteiger partial charge in [-0.25, -0.2) is 0 Å². The zero-order chi connectivity index (χ0) is 21.2. The average molecular weight is 411 g/mol. The maximum atomic E-state index is 11.5. The fraction of sp³-hybridized carbons (Fsp3) is 0.250. The van der Waals surface area contributed by atoms with Gasteiger partial charge in [0.1, 0.15) is 11.6 Å². The summed E-state index contributed by atoms with van der Waals surface area (Å²) in [5.74, 6) is 1.27. The first-order valence-electron chi connectivity index (χ1n) is 8.90. The highest BCUT2D eigenvalue weighted by Gasteiger charge is 2.18. The SMILES string of the molecule is Cc1n[nH]c(=S)n1/N=C\c1ccc(Oc2ccc(C(C)(C)C)cc2)c([N+](=O)[O-])c1. The van der Waals surface area contributed by atoms with Crippen molar-refractivity contribution in [3.8, 4) is 11.5 Å². The van der Waals surface area contributed by atoms with E-state index in [1.54, 1.807) is 19.1 Å². The number of aryl methyl sites for hydroxylation is 1. The molecule has 0 saturated carbocycles. The summed E-state index contributed by atoms with van der Waals surface area (Å²) in [5.41, 5.74) is 1.55. The molecule has 1 aromatic heterocycles. The molecule has 0 fully saturated rings. The summed E-state index contributed by atoms with van der Waals surface area (Å²) in [4.78, 5) is 11.1. The van der Waals surface area contributed by atoms with Gasteiger partial charge >= 0.3 is 5.69 Å². The van der Waals surface area contributed by atoms with Crippen LogP contribution >= 0.6 is 12.2 Å². The topological polar surface area (TPSA) is 98.3 Å². The van der Waals surface area contributed by atoms with E-state index in [9.17, 15) is 10.1 Å². The van der Waals surface area contributed by atoms with Crippen molar-refractivity contribution in [3.05, 3.63) is 74.3 Å². The first-order valence-corrected chi connectivity index (χ1v) is 9.31. The molecule has 1 heterocycles. The molecule has 9 heteroatoms. The zero-order valence-electron chi connectivity index (χ0n) is 16.5. The summed E-state index contributed by atoms with van der Waals surface area (Å²) in [6.07, 6.45) is 1.48. The Morgan fingerprint density at radius 1 is 1.24 bits per heavy atom. The maximum Gasteiger partial charge on any atom is 0.312 e. The van der Waals surface area contributed by atoms with Crippen LogP contribution in [-0.2, 0) is 5.41 Å². The average Bonchev–Trinajstić information content (AvgIpc) is 2.98. The van der Waals surface area contributed by atoms with E-state index in [1.165, 1.54) is 17.0 Å². The highest BCUT2D eigenvalue weighted by atomic mass is 32.1. The summed E-state index contributed by atoms with van der Waals surface area (Å²) in [5, 5.41) is 22.3. The Kier molecular flexibility index (Phi) is 5.60. The minimum absolute atomic E-state index is 0.0156. The smallest absolute Gasteiger partial charge is 0.312 e. The quantitative estimate of drug-likeness (QED) is 0.272. The van der Waals surface area contributed by atoms with Gasteiger partial charge in [0.2, 0.25) is 10.5 Å². The van der Waals surface area contributed by atoms with Crippen LogP contribution in [0.25, 0.3) is 0 Å². The number of aromatic nitrogens is 3. The molecular weight excluding hydrogens is 390 g/mol. The van der Waals surface area contributed by atoms with Gasteiger partial charge in [-0.15, -0.1) is 0 Å². The van der Waals surface area contributed by atoms with E-state index < -0.39 is 4.92 Å². The van der Waals surface area contributed by atoms with Crippen molar-refractivity contribution >= 4 is 24.1 Å². The van der Waals surface area contributed by atoms with Gasteiger partial charge in [-0.05, 0) is 54.4 Å². The van der Waals surface area contributed by atoms with Gasteiger partial charge in [-0.2, -0.15) is 14.9 Å². The summed E-state index contributed by atoms with van der Waals surface area (Å²) < 4.78 is 7.53. The summed E-state index contributed by atoms with van der Waals surface area (Å²) in [7, 11) is 0. The molecule has 0 bridgehead atoms. The van der Waals surface area contributed by atoms with Crippen LogP contribution in [0.3, 0.4) is 0 Å². The number of aromatic amines is 1. The van der Waals surface area contributed by atoms with Crippen molar-refractivity contribution in [3.63, 3.8) is 0 Å². The van der Waals surface area contributed by atoms with Crippen LogP contribution in [0.4, 0.5) is 5.69 Å². The molecule has 8 nitrogen and oxygen atoms in total. The second-order valence-corrected chi connectivity index (χ2v) is 7.88. The molecule has 1 N–H and O–H groups in total. The van der Waals surface area contributed by atoms with Crippen molar-refractivity contribution in [2.45, 2.75) is 33.1 Å². The van der Waals surface area contributed by atoms with Crippen molar-refractivity contribution in [2.75, 3.05) is 0 Å². The van der Waals surface area contributed by atoms with E-state index >= 15 is 0 Å². The molecular formula is C20H21N5O3S. The Morgan fingerprint density at radius 2 is 1.93 bits per heavy atom. The number of nitrogens with zero attached hydrogens (tertiary/aromatic N) is 4. The Balaban J connectivity index is 1.87. The van der Waals surface area contributed by atoms with Gasteiger partial charge in [0.05, 0.1) is 11.1 Å². The normalized spacial score (nSPS) is 11.7. The second kappa shape index (κ2) is 7.96. The summed E-state index contributed by atoms with van der Waals surface area (Å²) in [6, 6.07) is 12.2. The van der Waals surface area contributed by atoms with Crippen LogP contribution in [-0.4, -0.2) is 26.0 Å². The molecule has 0 unspecified atom stereocenters. The zero-order valence-corrected chi connectivity index (χ0v) is 17.4.